The number of likely N-dealkylation sites (tertiary alicyclic amines) is 1. The van der Waals surface area contributed by atoms with Crippen molar-refractivity contribution < 1.29 is 9.59 Å². The Kier molecular flexibility index (Phi) is 4.82. The first-order valence-corrected chi connectivity index (χ1v) is 10.1. The van der Waals surface area contributed by atoms with Crippen molar-refractivity contribution in [3.63, 3.8) is 0 Å². The summed E-state index contributed by atoms with van der Waals surface area (Å²) in [5.74, 6) is -0.249. The highest BCUT2D eigenvalue weighted by molar-refractivity contribution is 7.13. The van der Waals surface area contributed by atoms with Gasteiger partial charge in [0.15, 0.2) is 5.13 Å². The van der Waals surface area contributed by atoms with E-state index in [1.165, 1.54) is 11.3 Å². The second-order valence-corrected chi connectivity index (χ2v) is 8.31. The van der Waals surface area contributed by atoms with Gasteiger partial charge in [0.25, 0.3) is 5.91 Å². The number of amides is 2. The number of hydrogen-bond donors (Lipinski definition) is 1. The quantitative estimate of drug-likeness (QED) is 0.869. The minimum absolute atomic E-state index is 0.177. The van der Waals surface area contributed by atoms with Crippen molar-refractivity contribution in [2.45, 2.75) is 32.2 Å². The molecule has 27 heavy (non-hydrogen) atoms. The highest BCUT2D eigenvalue weighted by Crippen LogP contribution is 2.41. The lowest BCUT2D eigenvalue weighted by Gasteiger charge is -2.47. The van der Waals surface area contributed by atoms with Crippen LogP contribution < -0.4 is 10.6 Å². The Hall–Kier alpha value is -2.48. The smallest absolute Gasteiger partial charge is 0.268 e. The van der Waals surface area contributed by atoms with Crippen LogP contribution in [0.3, 0.4) is 0 Å². The summed E-state index contributed by atoms with van der Waals surface area (Å²) in [4.78, 5) is 36.4. The van der Waals surface area contributed by atoms with Crippen LogP contribution in [-0.4, -0.2) is 46.3 Å². The summed E-state index contributed by atoms with van der Waals surface area (Å²) in [5.41, 5.74) is 6.89. The van der Waals surface area contributed by atoms with Crippen LogP contribution in [0.1, 0.15) is 41.7 Å². The van der Waals surface area contributed by atoms with Gasteiger partial charge in [0.2, 0.25) is 5.91 Å². The molecule has 0 bridgehead atoms. The average molecular weight is 385 g/mol. The molecule has 1 spiro atoms. The molecule has 2 fully saturated rings. The minimum atomic E-state index is -0.484. The molecular formula is C19H23N5O2S. The lowest BCUT2D eigenvalue weighted by Crippen LogP contribution is -2.51. The Labute approximate surface area is 162 Å². The second-order valence-electron chi connectivity index (χ2n) is 7.48. The number of pyridine rings is 1. The highest BCUT2D eigenvalue weighted by Gasteiger charge is 2.41. The summed E-state index contributed by atoms with van der Waals surface area (Å²) in [5, 5.41) is 2.58. The van der Waals surface area contributed by atoms with E-state index in [1.54, 1.807) is 11.6 Å². The molecular weight excluding hydrogens is 362 g/mol. The number of carbonyl (C=O) groups excluding carboxylic acids is 2. The number of primary amides is 1. The van der Waals surface area contributed by atoms with Crippen molar-refractivity contribution >= 4 is 28.3 Å². The van der Waals surface area contributed by atoms with E-state index in [9.17, 15) is 9.59 Å². The molecule has 2 aliphatic rings. The van der Waals surface area contributed by atoms with Crippen LogP contribution in [0.15, 0.2) is 29.9 Å². The lowest BCUT2D eigenvalue weighted by molar-refractivity contribution is -0.139. The van der Waals surface area contributed by atoms with E-state index in [4.69, 9.17) is 5.73 Å². The molecule has 2 aromatic rings. The van der Waals surface area contributed by atoms with Crippen LogP contribution in [0.4, 0.5) is 5.13 Å². The van der Waals surface area contributed by atoms with Gasteiger partial charge in [-0.25, -0.2) is 4.98 Å². The monoisotopic (exact) mass is 385 g/mol. The Morgan fingerprint density at radius 1 is 1.30 bits per heavy atom. The first kappa shape index (κ1) is 17.9. The molecule has 0 saturated carbocycles. The van der Waals surface area contributed by atoms with Gasteiger partial charge < -0.3 is 15.5 Å². The zero-order valence-electron chi connectivity index (χ0n) is 15.1. The third kappa shape index (κ3) is 3.80. The number of aromatic nitrogens is 2. The van der Waals surface area contributed by atoms with Crippen molar-refractivity contribution in [3.05, 3.63) is 41.2 Å². The molecule has 0 radical (unpaired) electrons. The van der Waals surface area contributed by atoms with E-state index in [1.807, 2.05) is 23.2 Å². The van der Waals surface area contributed by atoms with E-state index in [0.29, 0.717) is 18.7 Å². The fourth-order valence-corrected chi connectivity index (χ4v) is 4.93. The summed E-state index contributed by atoms with van der Waals surface area (Å²) in [6, 6.07) is 3.93. The van der Waals surface area contributed by atoms with E-state index in [-0.39, 0.29) is 11.3 Å². The third-order valence-electron chi connectivity index (χ3n) is 5.68. The summed E-state index contributed by atoms with van der Waals surface area (Å²) in [6.07, 6.45) is 7.19. The normalized spacial score (nSPS) is 19.5. The van der Waals surface area contributed by atoms with Gasteiger partial charge in [0.1, 0.15) is 5.69 Å². The molecule has 2 saturated heterocycles. The SMILES string of the molecule is NC(=O)c1csc(N2CCC3(CCC(=O)N(Cc4cccnc4)C3)CC2)n1. The van der Waals surface area contributed by atoms with Crippen LogP contribution in [-0.2, 0) is 11.3 Å². The van der Waals surface area contributed by atoms with Crippen molar-refractivity contribution in [1.82, 2.24) is 14.9 Å². The predicted octanol–water partition coefficient (Wildman–Crippen LogP) is 2.05. The molecule has 0 unspecified atom stereocenters. The third-order valence-corrected chi connectivity index (χ3v) is 6.58. The molecule has 2 amide bonds. The Morgan fingerprint density at radius 2 is 2.11 bits per heavy atom. The van der Waals surface area contributed by atoms with E-state index < -0.39 is 5.91 Å². The number of anilines is 1. The number of nitrogens with zero attached hydrogens (tertiary/aromatic N) is 4. The molecule has 0 atom stereocenters. The van der Waals surface area contributed by atoms with Gasteiger partial charge in [-0.2, -0.15) is 0 Å². The summed E-state index contributed by atoms with van der Waals surface area (Å²) < 4.78 is 0. The zero-order chi connectivity index (χ0) is 18.9. The van der Waals surface area contributed by atoms with E-state index >= 15 is 0 Å². The van der Waals surface area contributed by atoms with Crippen LogP contribution >= 0.6 is 11.3 Å². The number of thiazole rings is 1. The molecule has 4 rings (SSSR count). The van der Waals surface area contributed by atoms with Gasteiger partial charge in [-0.1, -0.05) is 6.07 Å². The molecule has 0 aromatic carbocycles. The summed E-state index contributed by atoms with van der Waals surface area (Å²) >= 11 is 1.46. The predicted molar refractivity (Wildman–Crippen MR) is 103 cm³/mol. The first-order valence-electron chi connectivity index (χ1n) is 9.22. The van der Waals surface area contributed by atoms with E-state index in [2.05, 4.69) is 14.9 Å². The zero-order valence-corrected chi connectivity index (χ0v) is 16.0. The van der Waals surface area contributed by atoms with Crippen molar-refractivity contribution in [2.24, 2.45) is 11.1 Å². The van der Waals surface area contributed by atoms with Crippen LogP contribution in [0, 0.1) is 5.41 Å². The maximum absolute atomic E-state index is 12.4. The van der Waals surface area contributed by atoms with Gasteiger partial charge >= 0.3 is 0 Å². The maximum Gasteiger partial charge on any atom is 0.268 e. The minimum Gasteiger partial charge on any atom is -0.364 e. The molecule has 142 valence electrons. The fraction of sp³-hybridized carbons (Fsp3) is 0.474. The van der Waals surface area contributed by atoms with Gasteiger partial charge in [-0.3, -0.25) is 14.6 Å². The first-order chi connectivity index (χ1) is 13.0. The van der Waals surface area contributed by atoms with Crippen molar-refractivity contribution in [3.8, 4) is 0 Å². The Morgan fingerprint density at radius 3 is 2.78 bits per heavy atom. The molecule has 2 aliphatic heterocycles. The molecule has 2 N–H and O–H groups in total. The Bertz CT molecular complexity index is 830. The molecule has 8 heteroatoms. The summed E-state index contributed by atoms with van der Waals surface area (Å²) in [7, 11) is 0. The van der Waals surface area contributed by atoms with Crippen LogP contribution in [0.25, 0.3) is 0 Å². The second kappa shape index (κ2) is 7.26. The van der Waals surface area contributed by atoms with Crippen molar-refractivity contribution in [1.29, 1.82) is 0 Å². The van der Waals surface area contributed by atoms with Gasteiger partial charge in [-0.05, 0) is 36.3 Å². The molecule has 2 aromatic heterocycles. The van der Waals surface area contributed by atoms with Crippen molar-refractivity contribution in [2.75, 3.05) is 24.5 Å². The molecule has 0 aliphatic carbocycles. The largest absolute Gasteiger partial charge is 0.364 e. The van der Waals surface area contributed by atoms with Crippen LogP contribution in [0.2, 0.25) is 0 Å². The van der Waals surface area contributed by atoms with Crippen LogP contribution in [0.5, 0.6) is 0 Å². The highest BCUT2D eigenvalue weighted by atomic mass is 32.1. The Balaban J connectivity index is 1.40. The number of carbonyl (C=O) groups is 2. The maximum atomic E-state index is 12.4. The number of nitrogens with two attached hydrogens (primary N) is 1. The fourth-order valence-electron chi connectivity index (χ4n) is 4.06. The number of rotatable bonds is 4. The van der Waals surface area contributed by atoms with Gasteiger partial charge in [0.05, 0.1) is 0 Å². The summed E-state index contributed by atoms with van der Waals surface area (Å²) in [6.45, 7) is 3.22. The average Bonchev–Trinajstić information content (AvgIpc) is 3.17. The van der Waals surface area contributed by atoms with E-state index in [0.717, 1.165) is 49.6 Å². The topological polar surface area (TPSA) is 92.4 Å². The standard InChI is InChI=1S/C19H23N5O2S/c20-17(26)15-12-27-18(22-15)23-8-5-19(6-9-23)4-3-16(25)24(13-19)11-14-2-1-7-21-10-14/h1-2,7,10,12H,3-6,8-9,11,13H2,(H2,20,26). The molecule has 4 heterocycles. The molecule has 7 nitrogen and oxygen atoms in total. The van der Waals surface area contributed by atoms with Gasteiger partial charge in [0, 0.05) is 50.4 Å². The lowest BCUT2D eigenvalue weighted by atomic mass is 9.72. The number of hydrogen-bond acceptors (Lipinski definition) is 6. The number of piperidine rings is 2. The van der Waals surface area contributed by atoms with Gasteiger partial charge in [-0.15, -0.1) is 11.3 Å².